The van der Waals surface area contributed by atoms with Crippen molar-refractivity contribution < 1.29 is 14.6 Å². The summed E-state index contributed by atoms with van der Waals surface area (Å²) in [5, 5.41) is 9.82. The zero-order valence-electron chi connectivity index (χ0n) is 14.0. The fourth-order valence-corrected chi connectivity index (χ4v) is 2.32. The summed E-state index contributed by atoms with van der Waals surface area (Å²) in [6.07, 6.45) is 6.32. The van der Waals surface area contributed by atoms with E-state index in [0.717, 1.165) is 24.8 Å². The summed E-state index contributed by atoms with van der Waals surface area (Å²) in [4.78, 5) is 12.1. The Bertz CT molecular complexity index is 645. The van der Waals surface area contributed by atoms with Gasteiger partial charge in [0.05, 0.1) is 0 Å². The highest BCUT2D eigenvalue weighted by atomic mass is 16.6. The van der Waals surface area contributed by atoms with Gasteiger partial charge in [0.15, 0.2) is 12.1 Å². The van der Waals surface area contributed by atoms with Crippen LogP contribution in [-0.2, 0) is 0 Å². The van der Waals surface area contributed by atoms with Crippen LogP contribution in [0.2, 0.25) is 0 Å². The summed E-state index contributed by atoms with van der Waals surface area (Å²) in [6.45, 7) is 2.12. The minimum absolute atomic E-state index is 0.0612. The van der Waals surface area contributed by atoms with Crippen LogP contribution in [0.3, 0.4) is 0 Å². The predicted octanol–water partition coefficient (Wildman–Crippen LogP) is 4.86. The van der Waals surface area contributed by atoms with Gasteiger partial charge in [-0.2, -0.15) is 0 Å². The van der Waals surface area contributed by atoms with Gasteiger partial charge in [-0.05, 0) is 42.3 Å². The van der Waals surface area contributed by atoms with E-state index in [4.69, 9.17) is 4.74 Å². The van der Waals surface area contributed by atoms with Crippen LogP contribution in [0.5, 0.6) is 5.75 Å². The second-order valence-corrected chi connectivity index (χ2v) is 5.70. The van der Waals surface area contributed by atoms with Crippen LogP contribution in [0.1, 0.15) is 48.5 Å². The Morgan fingerprint density at radius 1 is 1.08 bits per heavy atom. The summed E-state index contributed by atoms with van der Waals surface area (Å²) in [5.74, 6) is 0.511. The van der Waals surface area contributed by atoms with Crippen molar-refractivity contribution >= 4 is 11.9 Å². The lowest BCUT2D eigenvalue weighted by Crippen LogP contribution is -2.15. The van der Waals surface area contributed by atoms with Crippen molar-refractivity contribution in [2.45, 2.75) is 38.9 Å². The van der Waals surface area contributed by atoms with E-state index in [0.29, 0.717) is 17.7 Å². The van der Waals surface area contributed by atoms with Gasteiger partial charge in [-0.15, -0.1) is 0 Å². The van der Waals surface area contributed by atoms with E-state index >= 15 is 0 Å². The standard InChI is InChI=1S/C21H24O3/c1-2-3-5-10-21(23)24-19-14-12-18(13-15-19)20(22)16-11-17-8-6-4-7-9-17/h4,6-9,11-16,21,23H,2-3,5,10H2,1H3. The van der Waals surface area contributed by atoms with Crippen molar-refractivity contribution in [3.8, 4) is 5.75 Å². The first-order valence-electron chi connectivity index (χ1n) is 8.41. The smallest absolute Gasteiger partial charge is 0.197 e. The highest BCUT2D eigenvalue weighted by Gasteiger charge is 2.07. The third-order valence-corrected chi connectivity index (χ3v) is 3.69. The Hall–Kier alpha value is -2.39. The highest BCUT2D eigenvalue weighted by Crippen LogP contribution is 2.16. The number of carbonyl (C=O) groups excluding carboxylic acids is 1. The Balaban J connectivity index is 1.89. The maximum Gasteiger partial charge on any atom is 0.197 e. The predicted molar refractivity (Wildman–Crippen MR) is 97.0 cm³/mol. The van der Waals surface area contributed by atoms with Crippen LogP contribution in [0, 0.1) is 0 Å². The van der Waals surface area contributed by atoms with Gasteiger partial charge in [0.2, 0.25) is 0 Å². The third-order valence-electron chi connectivity index (χ3n) is 3.69. The number of ketones is 1. The molecule has 0 saturated carbocycles. The number of hydrogen-bond donors (Lipinski definition) is 1. The summed E-state index contributed by atoms with van der Waals surface area (Å²) in [5.41, 5.74) is 1.58. The van der Waals surface area contributed by atoms with Gasteiger partial charge in [-0.3, -0.25) is 4.79 Å². The number of ether oxygens (including phenoxy) is 1. The molecule has 0 amide bonds. The van der Waals surface area contributed by atoms with Crippen LogP contribution in [-0.4, -0.2) is 17.2 Å². The van der Waals surface area contributed by atoms with Gasteiger partial charge in [-0.1, -0.05) is 56.2 Å². The molecule has 2 aromatic carbocycles. The Kier molecular flexibility index (Phi) is 7.24. The molecule has 0 fully saturated rings. The van der Waals surface area contributed by atoms with E-state index in [2.05, 4.69) is 6.92 Å². The van der Waals surface area contributed by atoms with E-state index < -0.39 is 6.29 Å². The molecule has 0 radical (unpaired) electrons. The lowest BCUT2D eigenvalue weighted by atomic mass is 10.1. The summed E-state index contributed by atoms with van der Waals surface area (Å²) < 4.78 is 5.45. The molecule has 24 heavy (non-hydrogen) atoms. The molecule has 0 saturated heterocycles. The molecular formula is C21H24O3. The molecule has 3 nitrogen and oxygen atoms in total. The van der Waals surface area contributed by atoms with Gasteiger partial charge < -0.3 is 9.84 Å². The molecule has 0 bridgehead atoms. The molecule has 1 N–H and O–H groups in total. The van der Waals surface area contributed by atoms with Gasteiger partial charge in [-0.25, -0.2) is 0 Å². The fourth-order valence-electron chi connectivity index (χ4n) is 2.32. The van der Waals surface area contributed by atoms with Gasteiger partial charge in [0, 0.05) is 12.0 Å². The monoisotopic (exact) mass is 324 g/mol. The van der Waals surface area contributed by atoms with Crippen LogP contribution >= 0.6 is 0 Å². The number of aliphatic hydroxyl groups is 1. The molecule has 2 rings (SSSR count). The molecule has 1 unspecified atom stereocenters. The summed E-state index contributed by atoms with van der Waals surface area (Å²) in [6, 6.07) is 16.6. The Labute approximate surface area is 143 Å². The Morgan fingerprint density at radius 3 is 2.46 bits per heavy atom. The largest absolute Gasteiger partial charge is 0.465 e. The van der Waals surface area contributed by atoms with Crippen molar-refractivity contribution in [1.82, 2.24) is 0 Å². The number of hydrogen-bond acceptors (Lipinski definition) is 3. The number of allylic oxidation sites excluding steroid dienone is 1. The number of aliphatic hydroxyl groups excluding tert-OH is 1. The molecule has 0 aliphatic carbocycles. The second-order valence-electron chi connectivity index (χ2n) is 5.70. The number of unbranched alkanes of at least 4 members (excludes halogenated alkanes) is 2. The van der Waals surface area contributed by atoms with E-state index in [-0.39, 0.29) is 5.78 Å². The molecule has 1 atom stereocenters. The Morgan fingerprint density at radius 2 is 1.79 bits per heavy atom. The molecule has 0 aliphatic heterocycles. The minimum Gasteiger partial charge on any atom is -0.465 e. The first-order chi connectivity index (χ1) is 11.7. The van der Waals surface area contributed by atoms with Gasteiger partial charge in [0.1, 0.15) is 5.75 Å². The quantitative estimate of drug-likeness (QED) is 0.310. The van der Waals surface area contributed by atoms with Crippen molar-refractivity contribution in [1.29, 1.82) is 0 Å². The van der Waals surface area contributed by atoms with E-state index in [1.54, 1.807) is 36.4 Å². The first-order valence-corrected chi connectivity index (χ1v) is 8.41. The molecule has 0 aromatic heterocycles. The summed E-state index contributed by atoms with van der Waals surface area (Å²) in [7, 11) is 0. The topological polar surface area (TPSA) is 46.5 Å². The maximum atomic E-state index is 12.1. The highest BCUT2D eigenvalue weighted by molar-refractivity contribution is 6.06. The SMILES string of the molecule is CCCCCC(O)Oc1ccc(C(=O)C=Cc2ccccc2)cc1. The van der Waals surface area contributed by atoms with Crippen molar-refractivity contribution in [2.75, 3.05) is 0 Å². The summed E-state index contributed by atoms with van der Waals surface area (Å²) >= 11 is 0. The minimum atomic E-state index is -0.795. The number of benzene rings is 2. The van der Waals surface area contributed by atoms with Crippen LogP contribution < -0.4 is 4.74 Å². The molecule has 0 aliphatic rings. The lowest BCUT2D eigenvalue weighted by molar-refractivity contribution is -0.0245. The van der Waals surface area contributed by atoms with Crippen molar-refractivity contribution in [2.24, 2.45) is 0 Å². The van der Waals surface area contributed by atoms with Crippen LogP contribution in [0.15, 0.2) is 60.7 Å². The van der Waals surface area contributed by atoms with Crippen LogP contribution in [0.4, 0.5) is 0 Å². The fraction of sp³-hybridized carbons (Fsp3) is 0.286. The van der Waals surface area contributed by atoms with E-state index in [9.17, 15) is 9.90 Å². The average molecular weight is 324 g/mol. The van der Waals surface area contributed by atoms with E-state index in [1.165, 1.54) is 0 Å². The molecule has 126 valence electrons. The van der Waals surface area contributed by atoms with Crippen LogP contribution in [0.25, 0.3) is 6.08 Å². The molecular weight excluding hydrogens is 300 g/mol. The average Bonchev–Trinajstić information content (AvgIpc) is 2.61. The third kappa shape index (κ3) is 6.01. The van der Waals surface area contributed by atoms with Gasteiger partial charge in [0.25, 0.3) is 0 Å². The van der Waals surface area contributed by atoms with Crippen molar-refractivity contribution in [3.05, 3.63) is 71.8 Å². The molecule has 0 spiro atoms. The molecule has 0 heterocycles. The first kappa shape index (κ1) is 18.0. The van der Waals surface area contributed by atoms with E-state index in [1.807, 2.05) is 30.3 Å². The molecule has 2 aromatic rings. The normalized spacial score (nSPS) is 12.2. The zero-order valence-corrected chi connectivity index (χ0v) is 14.0. The lowest BCUT2D eigenvalue weighted by Gasteiger charge is -2.13. The van der Waals surface area contributed by atoms with Crippen molar-refractivity contribution in [3.63, 3.8) is 0 Å². The number of carbonyl (C=O) groups is 1. The number of rotatable bonds is 9. The molecule has 3 heteroatoms. The van der Waals surface area contributed by atoms with Gasteiger partial charge >= 0.3 is 0 Å². The second kappa shape index (κ2) is 9.68. The maximum absolute atomic E-state index is 12.1. The zero-order chi connectivity index (χ0) is 17.2.